The molecule has 0 aliphatic carbocycles. The second kappa shape index (κ2) is 7.87. The molecule has 1 aliphatic heterocycles. The van der Waals surface area contributed by atoms with Crippen LogP contribution in [-0.4, -0.2) is 34.7 Å². The Labute approximate surface area is 154 Å². The first-order valence-electron chi connectivity index (χ1n) is 9.24. The van der Waals surface area contributed by atoms with Crippen LogP contribution in [0.3, 0.4) is 0 Å². The highest BCUT2D eigenvalue weighted by molar-refractivity contribution is 6.02. The summed E-state index contributed by atoms with van der Waals surface area (Å²) in [5.41, 5.74) is 4.96. The molecule has 0 spiro atoms. The predicted molar refractivity (Wildman–Crippen MR) is 102 cm³/mol. The minimum atomic E-state index is -0.172. The summed E-state index contributed by atoms with van der Waals surface area (Å²) in [7, 11) is 0. The summed E-state index contributed by atoms with van der Waals surface area (Å²) < 4.78 is 0. The van der Waals surface area contributed by atoms with E-state index in [4.69, 9.17) is 0 Å². The third kappa shape index (κ3) is 3.88. The first kappa shape index (κ1) is 18.4. The van der Waals surface area contributed by atoms with Gasteiger partial charge < -0.3 is 10.3 Å². The largest absolute Gasteiger partial charge is 0.354 e. The Morgan fingerprint density at radius 3 is 2.38 bits per heavy atom. The highest BCUT2D eigenvalue weighted by atomic mass is 16.2. The third-order valence-electron chi connectivity index (χ3n) is 5.17. The number of carbonyl (C=O) groups excluding carboxylic acids is 2. The maximum absolute atomic E-state index is 12.6. The van der Waals surface area contributed by atoms with Gasteiger partial charge in [-0.05, 0) is 63.4 Å². The van der Waals surface area contributed by atoms with Crippen molar-refractivity contribution in [1.29, 1.82) is 0 Å². The number of aromatic nitrogens is 1. The lowest BCUT2D eigenvalue weighted by molar-refractivity contribution is 0.0945. The van der Waals surface area contributed by atoms with E-state index in [0.717, 1.165) is 36.5 Å². The molecule has 1 aromatic carbocycles. The topological polar surface area (TPSA) is 65.2 Å². The normalized spacial score (nSPS) is 14.6. The summed E-state index contributed by atoms with van der Waals surface area (Å²) in [4.78, 5) is 29.9. The molecular weight excluding hydrogens is 326 g/mol. The van der Waals surface area contributed by atoms with Crippen molar-refractivity contribution < 1.29 is 9.59 Å². The van der Waals surface area contributed by atoms with Gasteiger partial charge in [-0.25, -0.2) is 0 Å². The molecule has 3 rings (SSSR count). The van der Waals surface area contributed by atoms with E-state index in [1.54, 1.807) is 0 Å². The second-order valence-electron chi connectivity index (χ2n) is 7.12. The van der Waals surface area contributed by atoms with Crippen molar-refractivity contribution in [2.24, 2.45) is 0 Å². The quantitative estimate of drug-likeness (QED) is 0.783. The molecule has 2 N–H and O–H groups in total. The number of aryl methyl sites for hydroxylation is 1. The molecule has 5 heteroatoms. The summed E-state index contributed by atoms with van der Waals surface area (Å²) in [6.45, 7) is 8.88. The zero-order valence-electron chi connectivity index (χ0n) is 15.8. The summed E-state index contributed by atoms with van der Waals surface area (Å²) >= 11 is 0. The van der Waals surface area contributed by atoms with E-state index in [2.05, 4.69) is 27.3 Å². The Kier molecular flexibility index (Phi) is 5.57. The van der Waals surface area contributed by atoms with Gasteiger partial charge in [-0.1, -0.05) is 24.3 Å². The molecule has 1 fully saturated rings. The Hall–Kier alpha value is -2.40. The molecule has 138 valence electrons. The van der Waals surface area contributed by atoms with Crippen LogP contribution in [0.25, 0.3) is 0 Å². The maximum Gasteiger partial charge on any atom is 0.268 e. The van der Waals surface area contributed by atoms with Crippen LogP contribution in [0.2, 0.25) is 0 Å². The molecule has 1 saturated heterocycles. The fraction of sp³-hybridized carbons (Fsp3) is 0.429. The lowest BCUT2D eigenvalue weighted by Gasteiger charge is -2.17. The average Bonchev–Trinajstić information content (AvgIpc) is 3.21. The molecule has 0 unspecified atom stereocenters. The number of hydrogen-bond acceptors (Lipinski definition) is 3. The average molecular weight is 353 g/mol. The molecule has 2 aromatic rings. The van der Waals surface area contributed by atoms with Crippen LogP contribution in [0.5, 0.6) is 0 Å². The number of amides is 1. The number of rotatable bonds is 6. The second-order valence-corrected chi connectivity index (χ2v) is 7.12. The first-order chi connectivity index (χ1) is 12.5. The van der Waals surface area contributed by atoms with Crippen LogP contribution in [0, 0.1) is 13.8 Å². The number of ketones is 1. The molecule has 1 aliphatic rings. The van der Waals surface area contributed by atoms with Crippen LogP contribution in [-0.2, 0) is 13.1 Å². The molecule has 5 nitrogen and oxygen atoms in total. The Bertz CT molecular complexity index is 817. The van der Waals surface area contributed by atoms with Crippen LogP contribution in [0.15, 0.2) is 24.3 Å². The van der Waals surface area contributed by atoms with Crippen LogP contribution in [0.4, 0.5) is 0 Å². The van der Waals surface area contributed by atoms with Gasteiger partial charge in [0.15, 0.2) is 5.78 Å². The van der Waals surface area contributed by atoms with E-state index in [1.807, 2.05) is 26.0 Å². The molecule has 0 saturated carbocycles. The fourth-order valence-corrected chi connectivity index (χ4v) is 3.83. The number of hydrogen-bond donors (Lipinski definition) is 2. The number of carbonyl (C=O) groups is 2. The van der Waals surface area contributed by atoms with E-state index in [0.29, 0.717) is 17.8 Å². The van der Waals surface area contributed by atoms with Gasteiger partial charge in [-0.15, -0.1) is 0 Å². The summed E-state index contributed by atoms with van der Waals surface area (Å²) in [6.07, 6.45) is 2.53. The van der Waals surface area contributed by atoms with Gasteiger partial charge in [0, 0.05) is 24.3 Å². The highest BCUT2D eigenvalue weighted by Gasteiger charge is 2.20. The molecule has 26 heavy (non-hydrogen) atoms. The van der Waals surface area contributed by atoms with Crippen molar-refractivity contribution in [1.82, 2.24) is 15.2 Å². The minimum absolute atomic E-state index is 0.0220. The van der Waals surface area contributed by atoms with Crippen molar-refractivity contribution in [2.45, 2.75) is 46.7 Å². The van der Waals surface area contributed by atoms with Gasteiger partial charge in [0.1, 0.15) is 5.69 Å². The third-order valence-corrected chi connectivity index (χ3v) is 5.17. The number of Topliss-reactive ketones (excluding diaryl/α,β-unsaturated/α-hetero) is 1. The molecular formula is C21H27N3O2. The van der Waals surface area contributed by atoms with E-state index in [1.165, 1.54) is 25.3 Å². The minimum Gasteiger partial charge on any atom is -0.354 e. The van der Waals surface area contributed by atoms with Gasteiger partial charge in [-0.3, -0.25) is 14.5 Å². The first-order valence-corrected chi connectivity index (χ1v) is 9.24. The number of nitrogens with one attached hydrogen (secondary N) is 2. The highest BCUT2D eigenvalue weighted by Crippen LogP contribution is 2.19. The smallest absolute Gasteiger partial charge is 0.268 e. The van der Waals surface area contributed by atoms with Crippen LogP contribution >= 0.6 is 0 Å². The van der Waals surface area contributed by atoms with E-state index >= 15 is 0 Å². The van der Waals surface area contributed by atoms with Crippen molar-refractivity contribution in [3.05, 3.63) is 57.9 Å². The Morgan fingerprint density at radius 1 is 1.12 bits per heavy atom. The molecule has 1 aromatic heterocycles. The molecule has 1 amide bonds. The lowest BCUT2D eigenvalue weighted by Crippen LogP contribution is -2.25. The van der Waals surface area contributed by atoms with E-state index in [9.17, 15) is 9.59 Å². The molecule has 0 atom stereocenters. The molecule has 0 bridgehead atoms. The Balaban J connectivity index is 1.70. The van der Waals surface area contributed by atoms with Crippen molar-refractivity contribution >= 4 is 11.7 Å². The zero-order valence-corrected chi connectivity index (χ0v) is 15.8. The monoisotopic (exact) mass is 353 g/mol. The molecule has 0 radical (unpaired) electrons. The van der Waals surface area contributed by atoms with Crippen molar-refractivity contribution in [2.75, 3.05) is 13.1 Å². The number of aromatic amines is 1. The maximum atomic E-state index is 12.6. The van der Waals surface area contributed by atoms with Crippen molar-refractivity contribution in [3.8, 4) is 0 Å². The zero-order chi connectivity index (χ0) is 18.7. The number of likely N-dealkylation sites (tertiary alicyclic amines) is 1. The van der Waals surface area contributed by atoms with E-state index in [-0.39, 0.29) is 11.7 Å². The van der Waals surface area contributed by atoms with E-state index < -0.39 is 0 Å². The lowest BCUT2D eigenvalue weighted by atomic mass is 10.1. The van der Waals surface area contributed by atoms with Gasteiger partial charge in [0.2, 0.25) is 0 Å². The van der Waals surface area contributed by atoms with Crippen molar-refractivity contribution in [3.63, 3.8) is 0 Å². The molecule has 2 heterocycles. The standard InChI is InChI=1S/C21H27N3O2/c1-14-19(16(3)25)15(2)23-20(14)21(26)22-12-17-8-4-5-9-18(17)13-24-10-6-7-11-24/h4-5,8-9,23H,6-7,10-13H2,1-3H3,(H,22,26). The fourth-order valence-electron chi connectivity index (χ4n) is 3.83. The SMILES string of the molecule is CC(=O)c1c(C)[nH]c(C(=O)NCc2ccccc2CN2CCCC2)c1C. The van der Waals surface area contributed by atoms with Crippen LogP contribution < -0.4 is 5.32 Å². The number of nitrogens with zero attached hydrogens (tertiary/aromatic N) is 1. The van der Waals surface area contributed by atoms with Gasteiger partial charge in [0.05, 0.1) is 0 Å². The summed E-state index contributed by atoms with van der Waals surface area (Å²) in [5.74, 6) is -0.194. The van der Waals surface area contributed by atoms with Gasteiger partial charge >= 0.3 is 0 Å². The number of H-pyrrole nitrogens is 1. The van der Waals surface area contributed by atoms with Gasteiger partial charge in [0.25, 0.3) is 5.91 Å². The summed E-state index contributed by atoms with van der Waals surface area (Å²) in [5, 5.41) is 3.00. The van der Waals surface area contributed by atoms with Gasteiger partial charge in [-0.2, -0.15) is 0 Å². The Morgan fingerprint density at radius 2 is 1.77 bits per heavy atom. The summed E-state index contributed by atoms with van der Waals surface area (Å²) in [6, 6.07) is 8.26. The predicted octanol–water partition coefficient (Wildman–Crippen LogP) is 3.36. The number of benzene rings is 1. The van der Waals surface area contributed by atoms with Crippen LogP contribution in [0.1, 0.15) is 63.0 Å².